The molecular formula is C26H27F3N4O3S. The van der Waals surface area contributed by atoms with Gasteiger partial charge >= 0.3 is 6.18 Å². The minimum atomic E-state index is -4.63. The molecule has 1 aromatic carbocycles. The number of hydrogen-bond donors (Lipinski definition) is 1. The van der Waals surface area contributed by atoms with Crippen LogP contribution in [0.3, 0.4) is 0 Å². The molecule has 11 heteroatoms. The molecule has 37 heavy (non-hydrogen) atoms. The van der Waals surface area contributed by atoms with Crippen LogP contribution in [0.5, 0.6) is 5.75 Å². The van der Waals surface area contributed by atoms with Crippen LogP contribution in [0.15, 0.2) is 36.8 Å². The Labute approximate surface area is 216 Å². The molecule has 0 bridgehead atoms. The molecule has 1 saturated carbocycles. The summed E-state index contributed by atoms with van der Waals surface area (Å²) in [7, 11) is 0. The van der Waals surface area contributed by atoms with Crippen LogP contribution >= 0.6 is 11.3 Å². The number of carbonyl (C=O) groups is 1. The SMILES string of the molecule is CC(NC(=O)c1cc(OC[C@@H]2CCCO2)cc(-c2ncc(C3CCC3)s2)c1)c1cnc(C(F)(F)F)nc1. The lowest BCUT2D eigenvalue weighted by Crippen LogP contribution is -2.27. The van der Waals surface area contributed by atoms with E-state index in [4.69, 9.17) is 9.47 Å². The van der Waals surface area contributed by atoms with E-state index in [1.54, 1.807) is 30.4 Å². The first-order chi connectivity index (χ1) is 17.8. The lowest BCUT2D eigenvalue weighted by atomic mass is 9.85. The van der Waals surface area contributed by atoms with Crippen molar-refractivity contribution < 1.29 is 27.4 Å². The molecule has 3 aromatic rings. The van der Waals surface area contributed by atoms with Gasteiger partial charge < -0.3 is 14.8 Å². The van der Waals surface area contributed by atoms with Crippen molar-refractivity contribution in [3.8, 4) is 16.3 Å². The smallest absolute Gasteiger partial charge is 0.451 e. The predicted octanol–water partition coefficient (Wildman–Crippen LogP) is 5.94. The number of alkyl halides is 3. The molecule has 1 aliphatic heterocycles. The molecular weight excluding hydrogens is 505 g/mol. The summed E-state index contributed by atoms with van der Waals surface area (Å²) >= 11 is 1.62. The van der Waals surface area contributed by atoms with Gasteiger partial charge in [0, 0.05) is 46.8 Å². The first-order valence-corrected chi connectivity index (χ1v) is 13.1. The summed E-state index contributed by atoms with van der Waals surface area (Å²) in [6.07, 6.45) is 4.96. The summed E-state index contributed by atoms with van der Waals surface area (Å²) in [6, 6.07) is 4.68. The van der Waals surface area contributed by atoms with Crippen molar-refractivity contribution in [3.63, 3.8) is 0 Å². The fourth-order valence-corrected chi connectivity index (χ4v) is 5.35. The lowest BCUT2D eigenvalue weighted by molar-refractivity contribution is -0.145. The Morgan fingerprint density at radius 3 is 2.57 bits per heavy atom. The third kappa shape index (κ3) is 6.10. The van der Waals surface area contributed by atoms with E-state index < -0.39 is 23.9 Å². The number of rotatable bonds is 8. The van der Waals surface area contributed by atoms with E-state index in [9.17, 15) is 18.0 Å². The molecule has 1 aliphatic carbocycles. The van der Waals surface area contributed by atoms with E-state index >= 15 is 0 Å². The first-order valence-electron chi connectivity index (χ1n) is 12.3. The van der Waals surface area contributed by atoms with Gasteiger partial charge in [-0.1, -0.05) is 6.42 Å². The van der Waals surface area contributed by atoms with Crippen molar-refractivity contribution >= 4 is 17.2 Å². The zero-order valence-corrected chi connectivity index (χ0v) is 21.1. The number of thiazole rings is 1. The van der Waals surface area contributed by atoms with Gasteiger partial charge in [0.05, 0.1) is 12.1 Å². The predicted molar refractivity (Wildman–Crippen MR) is 132 cm³/mol. The van der Waals surface area contributed by atoms with Crippen molar-refractivity contribution in [2.75, 3.05) is 13.2 Å². The van der Waals surface area contributed by atoms with Gasteiger partial charge in [-0.15, -0.1) is 11.3 Å². The summed E-state index contributed by atoms with van der Waals surface area (Å²) in [5, 5.41) is 3.63. The largest absolute Gasteiger partial charge is 0.491 e. The Kier molecular flexibility index (Phi) is 7.43. The van der Waals surface area contributed by atoms with Crippen molar-refractivity contribution in [1.82, 2.24) is 20.3 Å². The topological polar surface area (TPSA) is 86.2 Å². The van der Waals surface area contributed by atoms with Crippen molar-refractivity contribution in [1.29, 1.82) is 0 Å². The summed E-state index contributed by atoms with van der Waals surface area (Å²) in [5.41, 5.74) is 1.49. The highest BCUT2D eigenvalue weighted by Gasteiger charge is 2.34. The maximum Gasteiger partial charge on any atom is 0.451 e. The van der Waals surface area contributed by atoms with Gasteiger partial charge in [-0.05, 0) is 56.7 Å². The number of amides is 1. The quantitative estimate of drug-likeness (QED) is 0.387. The molecule has 3 heterocycles. The number of nitrogens with one attached hydrogen (secondary N) is 1. The number of aromatic nitrogens is 3. The van der Waals surface area contributed by atoms with E-state index in [1.807, 2.05) is 12.3 Å². The van der Waals surface area contributed by atoms with Gasteiger partial charge in [0.25, 0.3) is 5.91 Å². The lowest BCUT2D eigenvalue weighted by Gasteiger charge is -2.23. The molecule has 1 saturated heterocycles. The fourth-order valence-electron chi connectivity index (χ4n) is 4.27. The Balaban J connectivity index is 1.35. The third-order valence-corrected chi connectivity index (χ3v) is 7.89. The summed E-state index contributed by atoms with van der Waals surface area (Å²) in [4.78, 5) is 25.8. The summed E-state index contributed by atoms with van der Waals surface area (Å²) in [6.45, 7) is 2.76. The molecule has 1 unspecified atom stereocenters. The van der Waals surface area contributed by atoms with Crippen LogP contribution in [0.4, 0.5) is 13.2 Å². The number of ether oxygens (including phenoxy) is 2. The maximum atomic E-state index is 13.2. The van der Waals surface area contributed by atoms with Crippen molar-refractivity contribution in [2.45, 2.75) is 63.3 Å². The second-order valence-corrected chi connectivity index (χ2v) is 10.5. The van der Waals surface area contributed by atoms with E-state index in [0.29, 0.717) is 29.4 Å². The highest BCUT2D eigenvalue weighted by Crippen LogP contribution is 2.41. The zero-order chi connectivity index (χ0) is 26.0. The zero-order valence-electron chi connectivity index (χ0n) is 20.3. The molecule has 0 radical (unpaired) electrons. The normalized spacial score (nSPS) is 18.9. The minimum Gasteiger partial charge on any atom is -0.491 e. The first kappa shape index (κ1) is 25.6. The Hall–Kier alpha value is -3.05. The van der Waals surface area contributed by atoms with Gasteiger partial charge in [-0.2, -0.15) is 13.2 Å². The number of benzene rings is 1. The molecule has 7 nitrogen and oxygen atoms in total. The monoisotopic (exact) mass is 532 g/mol. The molecule has 2 aliphatic rings. The highest BCUT2D eigenvalue weighted by molar-refractivity contribution is 7.15. The molecule has 2 fully saturated rings. The van der Waals surface area contributed by atoms with Crippen LogP contribution in [0.1, 0.15) is 77.6 Å². The number of halogens is 3. The van der Waals surface area contributed by atoms with Gasteiger partial charge in [-0.25, -0.2) is 15.0 Å². The van der Waals surface area contributed by atoms with E-state index in [-0.39, 0.29) is 6.10 Å². The Morgan fingerprint density at radius 2 is 1.92 bits per heavy atom. The van der Waals surface area contributed by atoms with Gasteiger partial charge in [0.1, 0.15) is 17.4 Å². The molecule has 2 aromatic heterocycles. The second-order valence-electron chi connectivity index (χ2n) is 9.42. The van der Waals surface area contributed by atoms with Gasteiger partial charge in [0.2, 0.25) is 5.82 Å². The van der Waals surface area contributed by atoms with Crippen molar-refractivity contribution in [2.24, 2.45) is 0 Å². The van der Waals surface area contributed by atoms with E-state index in [0.717, 1.165) is 42.4 Å². The standard InChI is InChI=1S/C26H27F3N4O3S/c1-15(19-11-31-25(32-12-19)26(27,28)29)33-23(34)17-8-18(24-30-13-22(37-24)16-4-2-5-16)10-21(9-17)36-14-20-6-3-7-35-20/h8-13,15-16,20H,2-7,14H2,1H3,(H,33,34)/t15?,20-/m0/s1. The van der Waals surface area contributed by atoms with Crippen LogP contribution in [0, 0.1) is 0 Å². The van der Waals surface area contributed by atoms with Crippen LogP contribution in [-0.2, 0) is 10.9 Å². The second kappa shape index (κ2) is 10.7. The van der Waals surface area contributed by atoms with Crippen LogP contribution in [-0.4, -0.2) is 40.2 Å². The number of hydrogen-bond acceptors (Lipinski definition) is 7. The summed E-state index contributed by atoms with van der Waals surface area (Å²) in [5.74, 6) is -0.531. The summed E-state index contributed by atoms with van der Waals surface area (Å²) < 4.78 is 50.0. The Bertz CT molecular complexity index is 1240. The number of nitrogens with zero attached hydrogens (tertiary/aromatic N) is 3. The van der Waals surface area contributed by atoms with Crippen LogP contribution < -0.4 is 10.1 Å². The fraction of sp³-hybridized carbons (Fsp3) is 0.462. The molecule has 1 N–H and O–H groups in total. The highest BCUT2D eigenvalue weighted by atomic mass is 32.1. The molecule has 5 rings (SSSR count). The van der Waals surface area contributed by atoms with E-state index in [2.05, 4.69) is 20.3 Å². The maximum absolute atomic E-state index is 13.2. The molecule has 196 valence electrons. The molecule has 1 amide bonds. The van der Waals surface area contributed by atoms with Crippen LogP contribution in [0.2, 0.25) is 0 Å². The van der Waals surface area contributed by atoms with Crippen molar-refractivity contribution in [3.05, 3.63) is 58.6 Å². The number of carbonyl (C=O) groups excluding carboxylic acids is 1. The average molecular weight is 533 g/mol. The molecule has 2 atom stereocenters. The minimum absolute atomic E-state index is 0.0192. The third-order valence-electron chi connectivity index (χ3n) is 6.68. The van der Waals surface area contributed by atoms with E-state index in [1.165, 1.54) is 24.1 Å². The Morgan fingerprint density at radius 1 is 1.14 bits per heavy atom. The van der Waals surface area contributed by atoms with Gasteiger partial charge in [-0.3, -0.25) is 4.79 Å². The van der Waals surface area contributed by atoms with Crippen LogP contribution in [0.25, 0.3) is 10.6 Å². The average Bonchev–Trinajstić information content (AvgIpc) is 3.54. The molecule has 0 spiro atoms. The van der Waals surface area contributed by atoms with Gasteiger partial charge in [0.15, 0.2) is 0 Å².